The molecule has 0 aromatic heterocycles. The fraction of sp³-hybridized carbons (Fsp3) is 0.167. The summed E-state index contributed by atoms with van der Waals surface area (Å²) in [5.41, 5.74) is 3.04. The highest BCUT2D eigenvalue weighted by Gasteiger charge is 2.20. The molecule has 0 bridgehead atoms. The highest BCUT2D eigenvalue weighted by atomic mass is 16.3. The number of hydrogen-bond donors (Lipinski definition) is 1. The van der Waals surface area contributed by atoms with Crippen molar-refractivity contribution in [2.75, 3.05) is 0 Å². The zero-order chi connectivity index (χ0) is 14.7. The fourth-order valence-electron chi connectivity index (χ4n) is 2.10. The van der Waals surface area contributed by atoms with Gasteiger partial charge in [0, 0.05) is 11.1 Å². The molecule has 2 aromatic carbocycles. The number of aryl methyl sites for hydroxylation is 1. The van der Waals surface area contributed by atoms with Crippen molar-refractivity contribution in [3.63, 3.8) is 0 Å². The van der Waals surface area contributed by atoms with Crippen molar-refractivity contribution in [1.82, 2.24) is 0 Å². The first-order valence-corrected chi connectivity index (χ1v) is 6.42. The molecule has 0 aliphatic heterocycles. The molecule has 0 unspecified atom stereocenters. The Balaban J connectivity index is 2.69. The molecule has 2 rings (SSSR count). The molecule has 2 heteroatoms. The maximum absolute atomic E-state index is 12.6. The van der Waals surface area contributed by atoms with E-state index in [0.29, 0.717) is 16.7 Å². The van der Waals surface area contributed by atoms with E-state index in [1.165, 1.54) is 0 Å². The van der Waals surface area contributed by atoms with E-state index < -0.39 is 0 Å². The molecule has 0 radical (unpaired) electrons. The van der Waals surface area contributed by atoms with Crippen LogP contribution in [0.15, 0.2) is 36.4 Å². The molecular formula is C18H16O2. The third-order valence-corrected chi connectivity index (χ3v) is 3.34. The Hall–Kier alpha value is -2.53. The van der Waals surface area contributed by atoms with E-state index in [2.05, 4.69) is 11.8 Å². The second-order valence-corrected chi connectivity index (χ2v) is 4.66. The SMILES string of the molecule is CC#Cc1cc(C)c(C)c(O)c1C(=O)c1ccccc1. The second-order valence-electron chi connectivity index (χ2n) is 4.66. The van der Waals surface area contributed by atoms with Gasteiger partial charge in [-0.05, 0) is 38.0 Å². The minimum absolute atomic E-state index is 0.0246. The molecule has 0 heterocycles. The Labute approximate surface area is 119 Å². The summed E-state index contributed by atoms with van der Waals surface area (Å²) in [7, 11) is 0. The number of carbonyl (C=O) groups excluding carboxylic acids is 1. The van der Waals surface area contributed by atoms with E-state index in [4.69, 9.17) is 0 Å². The fourth-order valence-corrected chi connectivity index (χ4v) is 2.10. The smallest absolute Gasteiger partial charge is 0.198 e. The molecule has 0 atom stereocenters. The average molecular weight is 264 g/mol. The van der Waals surface area contributed by atoms with Crippen LogP contribution in [-0.4, -0.2) is 10.9 Å². The Bertz CT molecular complexity index is 717. The normalized spacial score (nSPS) is 9.75. The average Bonchev–Trinajstić information content (AvgIpc) is 2.46. The first-order valence-electron chi connectivity index (χ1n) is 6.42. The monoisotopic (exact) mass is 264 g/mol. The predicted molar refractivity (Wildman–Crippen MR) is 80.0 cm³/mol. The van der Waals surface area contributed by atoms with Gasteiger partial charge in [-0.15, -0.1) is 5.92 Å². The van der Waals surface area contributed by atoms with Gasteiger partial charge in [-0.1, -0.05) is 36.3 Å². The summed E-state index contributed by atoms with van der Waals surface area (Å²) in [6.45, 7) is 5.41. The van der Waals surface area contributed by atoms with Gasteiger partial charge in [0.1, 0.15) is 5.75 Å². The quantitative estimate of drug-likeness (QED) is 0.664. The molecular weight excluding hydrogens is 248 g/mol. The third-order valence-electron chi connectivity index (χ3n) is 3.34. The standard InChI is InChI=1S/C18H16O2/c1-4-8-15-11-12(2)13(3)17(19)16(15)18(20)14-9-6-5-7-10-14/h5-7,9-11,19H,1-3H3. The highest BCUT2D eigenvalue weighted by molar-refractivity contribution is 6.12. The van der Waals surface area contributed by atoms with Gasteiger partial charge < -0.3 is 5.11 Å². The Morgan fingerprint density at radius 3 is 2.40 bits per heavy atom. The van der Waals surface area contributed by atoms with Crippen LogP contribution >= 0.6 is 0 Å². The molecule has 0 saturated carbocycles. The lowest BCUT2D eigenvalue weighted by Gasteiger charge is -2.12. The van der Waals surface area contributed by atoms with Crippen LogP contribution in [0.3, 0.4) is 0 Å². The van der Waals surface area contributed by atoms with Crippen LogP contribution in [0.1, 0.15) is 39.5 Å². The summed E-state index contributed by atoms with van der Waals surface area (Å²) in [5.74, 6) is 5.52. The first kappa shape index (κ1) is 13.9. The van der Waals surface area contributed by atoms with Crippen molar-refractivity contribution in [3.05, 3.63) is 64.2 Å². The van der Waals surface area contributed by atoms with Gasteiger partial charge in [0.25, 0.3) is 0 Å². The Morgan fingerprint density at radius 1 is 1.15 bits per heavy atom. The molecule has 100 valence electrons. The van der Waals surface area contributed by atoms with Gasteiger partial charge in [-0.2, -0.15) is 0 Å². The van der Waals surface area contributed by atoms with Crippen LogP contribution in [0, 0.1) is 25.7 Å². The number of ketones is 1. The van der Waals surface area contributed by atoms with E-state index in [9.17, 15) is 9.90 Å². The Morgan fingerprint density at radius 2 is 1.80 bits per heavy atom. The van der Waals surface area contributed by atoms with E-state index in [0.717, 1.165) is 5.56 Å². The molecule has 1 N–H and O–H groups in total. The molecule has 0 fully saturated rings. The number of rotatable bonds is 2. The second kappa shape index (κ2) is 5.63. The van der Waals surface area contributed by atoms with Gasteiger partial charge in [-0.25, -0.2) is 0 Å². The van der Waals surface area contributed by atoms with Crippen LogP contribution in [0.4, 0.5) is 0 Å². The lowest BCUT2D eigenvalue weighted by Crippen LogP contribution is -2.06. The predicted octanol–water partition coefficient (Wildman–Crippen LogP) is 3.61. The maximum Gasteiger partial charge on any atom is 0.198 e. The van der Waals surface area contributed by atoms with Crippen molar-refractivity contribution < 1.29 is 9.90 Å². The first-order chi connectivity index (χ1) is 9.56. The van der Waals surface area contributed by atoms with E-state index in [-0.39, 0.29) is 17.1 Å². The molecule has 2 nitrogen and oxygen atoms in total. The molecule has 0 spiro atoms. The van der Waals surface area contributed by atoms with Crippen LogP contribution in [0.2, 0.25) is 0 Å². The third kappa shape index (κ3) is 2.44. The van der Waals surface area contributed by atoms with Gasteiger partial charge in [-0.3, -0.25) is 4.79 Å². The topological polar surface area (TPSA) is 37.3 Å². The maximum atomic E-state index is 12.6. The highest BCUT2D eigenvalue weighted by Crippen LogP contribution is 2.30. The van der Waals surface area contributed by atoms with Crippen LogP contribution in [0.5, 0.6) is 5.75 Å². The van der Waals surface area contributed by atoms with Crippen molar-refractivity contribution in [3.8, 4) is 17.6 Å². The summed E-state index contributed by atoms with van der Waals surface area (Å²) in [6, 6.07) is 10.8. The van der Waals surface area contributed by atoms with Crippen molar-refractivity contribution in [2.45, 2.75) is 20.8 Å². The van der Waals surface area contributed by atoms with E-state index in [1.807, 2.05) is 19.1 Å². The number of phenolic OH excluding ortho intramolecular Hbond substituents is 1. The number of aromatic hydroxyl groups is 1. The molecule has 0 amide bonds. The van der Waals surface area contributed by atoms with Gasteiger partial charge in [0.05, 0.1) is 5.56 Å². The van der Waals surface area contributed by atoms with Crippen molar-refractivity contribution >= 4 is 5.78 Å². The zero-order valence-electron chi connectivity index (χ0n) is 11.8. The molecule has 0 aliphatic carbocycles. The van der Waals surface area contributed by atoms with Crippen molar-refractivity contribution in [2.24, 2.45) is 0 Å². The van der Waals surface area contributed by atoms with Gasteiger partial charge in [0.2, 0.25) is 0 Å². The van der Waals surface area contributed by atoms with Gasteiger partial charge >= 0.3 is 0 Å². The number of benzene rings is 2. The van der Waals surface area contributed by atoms with Crippen LogP contribution in [0.25, 0.3) is 0 Å². The largest absolute Gasteiger partial charge is 0.507 e. The lowest BCUT2D eigenvalue weighted by molar-refractivity contribution is 0.103. The molecule has 2 aromatic rings. The number of hydrogen-bond acceptors (Lipinski definition) is 2. The molecule has 20 heavy (non-hydrogen) atoms. The number of carbonyl (C=O) groups is 1. The summed E-state index contributed by atoms with van der Waals surface area (Å²) >= 11 is 0. The zero-order valence-corrected chi connectivity index (χ0v) is 11.8. The van der Waals surface area contributed by atoms with Crippen molar-refractivity contribution in [1.29, 1.82) is 0 Å². The summed E-state index contributed by atoms with van der Waals surface area (Å²) < 4.78 is 0. The Kier molecular flexibility index (Phi) is 3.91. The van der Waals surface area contributed by atoms with Crippen LogP contribution < -0.4 is 0 Å². The number of phenols is 1. The minimum atomic E-state index is -0.205. The van der Waals surface area contributed by atoms with Crippen LogP contribution in [-0.2, 0) is 0 Å². The van der Waals surface area contributed by atoms with Gasteiger partial charge in [0.15, 0.2) is 5.78 Å². The molecule has 0 aliphatic rings. The van der Waals surface area contributed by atoms with E-state index in [1.54, 1.807) is 38.1 Å². The molecule has 0 saturated heterocycles. The summed E-state index contributed by atoms with van der Waals surface area (Å²) in [4.78, 5) is 12.6. The lowest BCUT2D eigenvalue weighted by atomic mass is 9.93. The van der Waals surface area contributed by atoms with E-state index >= 15 is 0 Å². The minimum Gasteiger partial charge on any atom is -0.507 e. The summed E-state index contributed by atoms with van der Waals surface area (Å²) in [6.07, 6.45) is 0. The summed E-state index contributed by atoms with van der Waals surface area (Å²) in [5, 5.41) is 10.3.